The first kappa shape index (κ1) is 12.6. The monoisotopic (exact) mass is 275 g/mol. The molecule has 0 saturated heterocycles. The smallest absolute Gasteiger partial charge is 0.168 e. The normalized spacial score (nSPS) is 18.4. The molecule has 0 radical (unpaired) electrons. The molecule has 0 saturated carbocycles. The number of aliphatic imine (C=N–C) groups is 1. The molecular weight excluding hydrogens is 258 g/mol. The number of fused-ring (bicyclic) bond motifs is 1. The summed E-state index contributed by atoms with van der Waals surface area (Å²) in [6, 6.07) is 8.14. The molecule has 1 aromatic rings. The van der Waals surface area contributed by atoms with Crippen LogP contribution in [0.5, 0.6) is 5.75 Å². The topological polar surface area (TPSA) is 50.9 Å². The number of rotatable bonds is 3. The van der Waals surface area contributed by atoms with Crippen LogP contribution in [-0.2, 0) is 0 Å². The van der Waals surface area contributed by atoms with Gasteiger partial charge in [-0.2, -0.15) is 0 Å². The van der Waals surface area contributed by atoms with Crippen LogP contribution in [0.4, 0.5) is 0 Å². The van der Waals surface area contributed by atoms with Gasteiger partial charge in [-0.05, 0) is 36.2 Å². The minimum Gasteiger partial charge on any atom is -0.497 e. The fraction of sp³-hybridized carbons (Fsp3) is 0.357. The van der Waals surface area contributed by atoms with Crippen molar-refractivity contribution in [3.8, 4) is 5.75 Å². The Labute approximate surface area is 117 Å². The molecule has 0 fully saturated rings. The van der Waals surface area contributed by atoms with Gasteiger partial charge in [0.05, 0.1) is 12.8 Å². The second-order valence-corrected chi connectivity index (χ2v) is 5.54. The van der Waals surface area contributed by atoms with Gasteiger partial charge in [0.2, 0.25) is 0 Å². The quantitative estimate of drug-likeness (QED) is 0.918. The fourth-order valence-corrected chi connectivity index (χ4v) is 3.47. The zero-order valence-corrected chi connectivity index (χ0v) is 11.7. The summed E-state index contributed by atoms with van der Waals surface area (Å²) in [5, 5.41) is 1.09. The highest BCUT2D eigenvalue weighted by Gasteiger charge is 2.30. The molecule has 4 nitrogen and oxygen atoms in total. The molecule has 0 atom stereocenters. The Morgan fingerprint density at radius 3 is 2.84 bits per heavy atom. The first-order chi connectivity index (χ1) is 9.33. The number of nitrogens with two attached hydrogens (primary N) is 1. The third-order valence-corrected chi connectivity index (χ3v) is 4.45. The molecule has 0 spiro atoms. The summed E-state index contributed by atoms with van der Waals surface area (Å²) in [4.78, 5) is 8.07. The van der Waals surface area contributed by atoms with Crippen molar-refractivity contribution in [3.05, 3.63) is 34.7 Å². The predicted octanol–water partition coefficient (Wildman–Crippen LogP) is 2.13. The molecule has 0 aliphatic carbocycles. The summed E-state index contributed by atoms with van der Waals surface area (Å²) in [5.74, 6) is 0.872. The molecule has 0 bridgehead atoms. The minimum absolute atomic E-state index is 0.557. The predicted molar refractivity (Wildman–Crippen MR) is 80.2 cm³/mol. The summed E-state index contributed by atoms with van der Waals surface area (Å²) in [6.07, 6.45) is 1.10. The Hall–Kier alpha value is -1.46. The lowest BCUT2D eigenvalue weighted by Gasteiger charge is -2.25. The number of hydrogen-bond acceptors (Lipinski definition) is 5. The molecule has 0 amide bonds. The van der Waals surface area contributed by atoms with Crippen LogP contribution in [0.25, 0.3) is 5.70 Å². The molecule has 0 aromatic heterocycles. The van der Waals surface area contributed by atoms with Crippen LogP contribution in [0.15, 0.2) is 34.2 Å². The highest BCUT2D eigenvalue weighted by Crippen LogP contribution is 2.40. The summed E-state index contributed by atoms with van der Waals surface area (Å²) in [7, 11) is 1.68. The number of thioether (sulfide) groups is 1. The maximum absolute atomic E-state index is 5.89. The van der Waals surface area contributed by atoms with E-state index in [1.165, 1.54) is 16.2 Å². The number of hydrogen-bond donors (Lipinski definition) is 1. The second-order valence-electron chi connectivity index (χ2n) is 4.48. The van der Waals surface area contributed by atoms with Gasteiger partial charge in [0.25, 0.3) is 0 Å². The summed E-state index contributed by atoms with van der Waals surface area (Å²) >= 11 is 1.71. The number of benzene rings is 1. The van der Waals surface area contributed by atoms with E-state index in [-0.39, 0.29) is 0 Å². The molecule has 2 aliphatic heterocycles. The Bertz CT molecular complexity index is 536. The lowest BCUT2D eigenvalue weighted by Crippen LogP contribution is -2.29. The zero-order valence-electron chi connectivity index (χ0n) is 10.9. The number of ether oxygens (including phenoxy) is 1. The standard InChI is InChI=1S/C14H17N3OS/c1-18-11-5-3-10(4-6-11)13-12(9-15)19-14-16-7-2-8-17(13)14/h3-6H,2,7-9,15H2,1H3. The van der Waals surface area contributed by atoms with Crippen molar-refractivity contribution in [1.82, 2.24) is 4.90 Å². The van der Waals surface area contributed by atoms with Crippen molar-refractivity contribution < 1.29 is 4.74 Å². The van der Waals surface area contributed by atoms with E-state index in [2.05, 4.69) is 22.0 Å². The van der Waals surface area contributed by atoms with Gasteiger partial charge in [0.15, 0.2) is 5.17 Å². The first-order valence-corrected chi connectivity index (χ1v) is 7.22. The van der Waals surface area contributed by atoms with Crippen molar-refractivity contribution in [1.29, 1.82) is 0 Å². The lowest BCUT2D eigenvalue weighted by atomic mass is 10.1. The first-order valence-electron chi connectivity index (χ1n) is 6.41. The number of nitrogens with zero attached hydrogens (tertiary/aromatic N) is 2. The van der Waals surface area contributed by atoms with Gasteiger partial charge in [-0.3, -0.25) is 4.99 Å². The fourth-order valence-electron chi connectivity index (χ4n) is 2.39. The molecule has 2 heterocycles. The van der Waals surface area contributed by atoms with E-state index in [1.54, 1.807) is 18.9 Å². The van der Waals surface area contributed by atoms with Crippen LogP contribution in [0.2, 0.25) is 0 Å². The molecule has 2 aliphatic rings. The van der Waals surface area contributed by atoms with Gasteiger partial charge >= 0.3 is 0 Å². The van der Waals surface area contributed by atoms with E-state index in [0.717, 1.165) is 30.4 Å². The van der Waals surface area contributed by atoms with E-state index in [0.29, 0.717) is 6.54 Å². The third kappa shape index (κ3) is 2.24. The Morgan fingerprint density at radius 2 is 2.16 bits per heavy atom. The van der Waals surface area contributed by atoms with Gasteiger partial charge in [0, 0.05) is 24.5 Å². The molecular formula is C14H17N3OS. The van der Waals surface area contributed by atoms with E-state index in [1.807, 2.05) is 12.1 Å². The SMILES string of the molecule is COc1ccc(C2=C(CN)SC3=NCCCN32)cc1. The molecule has 2 N–H and O–H groups in total. The van der Waals surface area contributed by atoms with Gasteiger partial charge in [-0.25, -0.2) is 0 Å². The molecule has 19 heavy (non-hydrogen) atoms. The molecule has 3 rings (SSSR count). The second kappa shape index (κ2) is 5.27. The average molecular weight is 275 g/mol. The molecule has 1 aromatic carbocycles. The van der Waals surface area contributed by atoms with E-state index >= 15 is 0 Å². The third-order valence-electron chi connectivity index (χ3n) is 3.32. The van der Waals surface area contributed by atoms with E-state index in [9.17, 15) is 0 Å². The average Bonchev–Trinajstić information content (AvgIpc) is 2.86. The highest BCUT2D eigenvalue weighted by molar-refractivity contribution is 8.17. The van der Waals surface area contributed by atoms with Crippen LogP contribution >= 0.6 is 11.8 Å². The zero-order chi connectivity index (χ0) is 13.2. The van der Waals surface area contributed by atoms with Gasteiger partial charge in [0.1, 0.15) is 5.75 Å². The molecule has 5 heteroatoms. The lowest BCUT2D eigenvalue weighted by molar-refractivity contribution is 0.414. The van der Waals surface area contributed by atoms with Crippen molar-refractivity contribution >= 4 is 22.6 Å². The van der Waals surface area contributed by atoms with Crippen LogP contribution in [0, 0.1) is 0 Å². The van der Waals surface area contributed by atoms with Crippen LogP contribution in [-0.4, -0.2) is 36.8 Å². The van der Waals surface area contributed by atoms with Gasteiger partial charge in [-0.1, -0.05) is 11.8 Å². The molecule has 100 valence electrons. The van der Waals surface area contributed by atoms with E-state index < -0.39 is 0 Å². The Morgan fingerprint density at radius 1 is 1.37 bits per heavy atom. The minimum atomic E-state index is 0.557. The van der Waals surface area contributed by atoms with E-state index in [4.69, 9.17) is 10.5 Å². The van der Waals surface area contributed by atoms with Crippen molar-refractivity contribution in [2.24, 2.45) is 10.7 Å². The number of methoxy groups -OCH3 is 1. The summed E-state index contributed by atoms with van der Waals surface area (Å²) in [5.41, 5.74) is 8.28. The Kier molecular flexibility index (Phi) is 3.48. The van der Waals surface area contributed by atoms with Crippen molar-refractivity contribution in [2.75, 3.05) is 26.7 Å². The van der Waals surface area contributed by atoms with Crippen LogP contribution < -0.4 is 10.5 Å². The highest BCUT2D eigenvalue weighted by atomic mass is 32.2. The van der Waals surface area contributed by atoms with Crippen molar-refractivity contribution in [3.63, 3.8) is 0 Å². The number of amidine groups is 1. The van der Waals surface area contributed by atoms with Crippen LogP contribution in [0.3, 0.4) is 0 Å². The van der Waals surface area contributed by atoms with Crippen molar-refractivity contribution in [2.45, 2.75) is 6.42 Å². The van der Waals surface area contributed by atoms with Gasteiger partial charge in [-0.15, -0.1) is 0 Å². The summed E-state index contributed by atoms with van der Waals surface area (Å²) in [6.45, 7) is 2.50. The maximum atomic E-state index is 5.89. The molecule has 0 unspecified atom stereocenters. The maximum Gasteiger partial charge on any atom is 0.168 e. The van der Waals surface area contributed by atoms with Gasteiger partial charge < -0.3 is 15.4 Å². The van der Waals surface area contributed by atoms with Crippen LogP contribution in [0.1, 0.15) is 12.0 Å². The largest absolute Gasteiger partial charge is 0.497 e. The summed E-state index contributed by atoms with van der Waals surface area (Å²) < 4.78 is 5.21. The Balaban J connectivity index is 1.99.